The van der Waals surface area contributed by atoms with Crippen LogP contribution in [-0.4, -0.2) is 46.2 Å². The first kappa shape index (κ1) is 19.4. The number of rotatable bonds is 4. The Labute approximate surface area is 175 Å². The number of nitrogens with zero attached hydrogens (tertiary/aromatic N) is 2. The number of hydroxylamine groups is 2. The lowest BCUT2D eigenvalue weighted by Crippen LogP contribution is -2.37. The summed E-state index contributed by atoms with van der Waals surface area (Å²) in [7, 11) is -0.149. The Morgan fingerprint density at radius 1 is 1.27 bits per heavy atom. The molecule has 0 saturated carbocycles. The molecule has 7 nitrogen and oxygen atoms in total. The summed E-state index contributed by atoms with van der Waals surface area (Å²) in [5, 5.41) is 3.72. The lowest BCUT2D eigenvalue weighted by molar-refractivity contribution is -0.115. The van der Waals surface area contributed by atoms with Crippen molar-refractivity contribution < 1.29 is 18.8 Å². The van der Waals surface area contributed by atoms with Crippen molar-refractivity contribution in [3.63, 3.8) is 0 Å². The second-order valence-electron chi connectivity index (χ2n) is 7.43. The largest absolute Gasteiger partial charge is 0.489 e. The Bertz CT molecular complexity index is 1190. The first-order valence-electron chi connectivity index (χ1n) is 9.73. The molecule has 2 aromatic heterocycles. The zero-order valence-corrected chi connectivity index (χ0v) is 17.6. The third-order valence-corrected chi connectivity index (χ3v) is 6.02. The molecule has 1 aliphatic heterocycles. The molecule has 1 saturated heterocycles. The Balaban J connectivity index is 1.58. The van der Waals surface area contributed by atoms with Gasteiger partial charge in [0.1, 0.15) is 24.1 Å². The minimum Gasteiger partial charge on any atom is -0.489 e. The first-order valence-corrected chi connectivity index (χ1v) is 10.9. The molecule has 1 aliphatic rings. The summed E-state index contributed by atoms with van der Waals surface area (Å²) in [6, 6.07) is 16.5. The summed E-state index contributed by atoms with van der Waals surface area (Å²) in [4.78, 5) is 17.7. The van der Waals surface area contributed by atoms with Crippen LogP contribution in [-0.2, 0) is 9.15 Å². The number of aromatic amines is 1. The molecule has 0 spiro atoms. The Kier molecular flexibility index (Phi) is 5.15. The van der Waals surface area contributed by atoms with E-state index in [9.17, 15) is 4.89 Å². The van der Waals surface area contributed by atoms with Gasteiger partial charge in [0.05, 0.1) is 12.1 Å². The van der Waals surface area contributed by atoms with Crippen LogP contribution in [0.2, 0.25) is 0 Å². The summed E-state index contributed by atoms with van der Waals surface area (Å²) in [5.74, 6) is 0.723. The van der Waals surface area contributed by atoms with E-state index in [1.165, 1.54) is 0 Å². The van der Waals surface area contributed by atoms with Gasteiger partial charge in [-0.2, -0.15) is 5.06 Å². The number of aryl methyl sites for hydroxylation is 1. The van der Waals surface area contributed by atoms with Crippen LogP contribution in [0.25, 0.3) is 33.1 Å². The highest BCUT2D eigenvalue weighted by molar-refractivity contribution is 7.40. The van der Waals surface area contributed by atoms with Gasteiger partial charge in [0.25, 0.3) is 0 Å². The number of nitrogens with one attached hydrogen (secondary N) is 1. The van der Waals surface area contributed by atoms with E-state index in [2.05, 4.69) is 34.2 Å². The van der Waals surface area contributed by atoms with Crippen molar-refractivity contribution >= 4 is 30.5 Å². The summed E-state index contributed by atoms with van der Waals surface area (Å²) in [5.41, 5.74) is 5.08. The quantitative estimate of drug-likeness (QED) is 0.469. The van der Waals surface area contributed by atoms with Crippen molar-refractivity contribution in [3.8, 4) is 16.9 Å². The Morgan fingerprint density at radius 2 is 2.10 bits per heavy atom. The van der Waals surface area contributed by atoms with Crippen LogP contribution < -0.4 is 4.74 Å². The molecular formula is C22H22N3O4P. The zero-order chi connectivity index (χ0) is 20.7. The van der Waals surface area contributed by atoms with Crippen molar-refractivity contribution in [2.75, 3.05) is 20.2 Å². The maximum Gasteiger partial charge on any atom is 0.348 e. The monoisotopic (exact) mass is 423 g/mol. The molecule has 4 aromatic rings. The van der Waals surface area contributed by atoms with E-state index in [1.807, 2.05) is 37.4 Å². The second kappa shape index (κ2) is 7.95. The third-order valence-electron chi connectivity index (χ3n) is 5.12. The van der Waals surface area contributed by atoms with Gasteiger partial charge in [0.15, 0.2) is 0 Å². The number of hydrogen-bond acceptors (Lipinski definition) is 6. The standard InChI is InChI=1S/C22H22N3O4P/c1-14-10-18-20-17(15-6-4-3-5-7-15)8-9-19(21(20)24-22(18)23-11-14)27-13-16-12-25(2)29-30(26)28-16/h3-11,16,26H,12-13H2,1-2H3,(H,23,24). The molecule has 2 aromatic carbocycles. The number of likely N-dealkylation sites (N-methyl/N-ethyl adjacent to an activating group) is 1. The number of fused-ring (bicyclic) bond motifs is 3. The number of benzene rings is 2. The van der Waals surface area contributed by atoms with Crippen LogP contribution in [0.15, 0.2) is 54.7 Å². The van der Waals surface area contributed by atoms with Gasteiger partial charge in [0, 0.05) is 24.0 Å². The number of pyridine rings is 1. The second-order valence-corrected chi connectivity index (χ2v) is 8.28. The van der Waals surface area contributed by atoms with Crippen molar-refractivity contribution in [3.05, 3.63) is 60.3 Å². The first-order chi connectivity index (χ1) is 14.6. The molecule has 2 unspecified atom stereocenters. The SMILES string of the molecule is Cc1cnc2[nH]c3c(OCC4CN(C)OP(O)O4)ccc(-c4ccccc4)c3c2c1. The van der Waals surface area contributed by atoms with Crippen LogP contribution in [0.1, 0.15) is 5.56 Å². The summed E-state index contributed by atoms with van der Waals surface area (Å²) in [6.45, 7) is 2.85. The third kappa shape index (κ3) is 3.67. The van der Waals surface area contributed by atoms with E-state index >= 15 is 0 Å². The van der Waals surface area contributed by atoms with E-state index in [1.54, 1.807) is 12.1 Å². The van der Waals surface area contributed by atoms with Gasteiger partial charge >= 0.3 is 8.60 Å². The van der Waals surface area contributed by atoms with E-state index < -0.39 is 8.60 Å². The molecular weight excluding hydrogens is 401 g/mol. The van der Waals surface area contributed by atoms with Gasteiger partial charge in [-0.25, -0.2) is 9.61 Å². The summed E-state index contributed by atoms with van der Waals surface area (Å²) < 4.78 is 16.7. The van der Waals surface area contributed by atoms with Gasteiger partial charge in [-0.05, 0) is 41.8 Å². The lowest BCUT2D eigenvalue weighted by Gasteiger charge is -2.31. The van der Waals surface area contributed by atoms with Crippen LogP contribution in [0.4, 0.5) is 0 Å². The van der Waals surface area contributed by atoms with Gasteiger partial charge in [-0.15, -0.1) is 0 Å². The molecule has 0 aliphatic carbocycles. The average molecular weight is 423 g/mol. The number of H-pyrrole nitrogens is 1. The van der Waals surface area contributed by atoms with E-state index in [-0.39, 0.29) is 6.10 Å². The Hall–Kier alpha value is -2.54. The van der Waals surface area contributed by atoms with Crippen LogP contribution in [0, 0.1) is 6.92 Å². The highest BCUT2D eigenvalue weighted by Crippen LogP contribution is 2.41. The smallest absolute Gasteiger partial charge is 0.348 e. The van der Waals surface area contributed by atoms with Gasteiger partial charge < -0.3 is 19.1 Å². The highest BCUT2D eigenvalue weighted by Gasteiger charge is 2.27. The van der Waals surface area contributed by atoms with Gasteiger partial charge in [0.2, 0.25) is 0 Å². The topological polar surface area (TPSA) is 79.8 Å². The number of hydrogen-bond donors (Lipinski definition) is 2. The van der Waals surface area contributed by atoms with Crippen molar-refractivity contribution in [2.45, 2.75) is 13.0 Å². The van der Waals surface area contributed by atoms with Gasteiger partial charge in [-0.3, -0.25) is 0 Å². The van der Waals surface area contributed by atoms with E-state index in [0.29, 0.717) is 13.2 Å². The molecule has 5 rings (SSSR count). The van der Waals surface area contributed by atoms with Crippen LogP contribution >= 0.6 is 8.60 Å². The van der Waals surface area contributed by atoms with Crippen LogP contribution in [0.3, 0.4) is 0 Å². The van der Waals surface area contributed by atoms with Crippen LogP contribution in [0.5, 0.6) is 5.75 Å². The highest BCUT2D eigenvalue weighted by atomic mass is 31.2. The van der Waals surface area contributed by atoms with E-state index in [0.717, 1.165) is 44.4 Å². The maximum atomic E-state index is 9.71. The van der Waals surface area contributed by atoms with E-state index in [4.69, 9.17) is 13.9 Å². The molecule has 154 valence electrons. The fraction of sp³-hybridized carbons (Fsp3) is 0.227. The maximum absolute atomic E-state index is 9.71. The predicted molar refractivity (Wildman–Crippen MR) is 117 cm³/mol. The number of aromatic nitrogens is 2. The molecule has 8 heteroatoms. The minimum absolute atomic E-state index is 0.284. The summed E-state index contributed by atoms with van der Waals surface area (Å²) >= 11 is 0. The molecule has 0 bridgehead atoms. The van der Waals surface area contributed by atoms with Crippen molar-refractivity contribution in [1.82, 2.24) is 15.0 Å². The fourth-order valence-corrected chi connectivity index (χ4v) is 4.56. The lowest BCUT2D eigenvalue weighted by atomic mass is 9.99. The molecule has 30 heavy (non-hydrogen) atoms. The zero-order valence-electron chi connectivity index (χ0n) is 16.7. The molecule has 1 fully saturated rings. The molecule has 0 radical (unpaired) electrons. The van der Waals surface area contributed by atoms with Crippen molar-refractivity contribution in [1.29, 1.82) is 0 Å². The molecule has 3 heterocycles. The summed E-state index contributed by atoms with van der Waals surface area (Å²) in [6.07, 6.45) is 1.57. The minimum atomic E-state index is -1.91. The number of ether oxygens (including phenoxy) is 1. The molecule has 0 amide bonds. The van der Waals surface area contributed by atoms with Crippen molar-refractivity contribution in [2.24, 2.45) is 0 Å². The average Bonchev–Trinajstić information content (AvgIpc) is 3.11. The van der Waals surface area contributed by atoms with Gasteiger partial charge in [-0.1, -0.05) is 30.3 Å². The molecule has 2 N–H and O–H groups in total. The normalized spacial score (nSPS) is 20.1. The predicted octanol–water partition coefficient (Wildman–Crippen LogP) is 4.55. The fourth-order valence-electron chi connectivity index (χ4n) is 3.83. The molecule has 2 atom stereocenters. The Morgan fingerprint density at radius 3 is 2.90 bits per heavy atom.